The Hall–Kier alpha value is -1.84. The standard InChI is InChI=1S/C9H9NO3/c1-2-3-7-6-8(11)4-5-9(7)10(12)13/h2,4-6,11H,1,3H2. The summed E-state index contributed by atoms with van der Waals surface area (Å²) in [5, 5.41) is 19.6. The summed E-state index contributed by atoms with van der Waals surface area (Å²) in [4.78, 5) is 10.0. The first-order chi connectivity index (χ1) is 6.15. The van der Waals surface area contributed by atoms with Gasteiger partial charge in [0.05, 0.1) is 4.92 Å². The Morgan fingerprint density at radius 3 is 2.85 bits per heavy atom. The van der Waals surface area contributed by atoms with Crippen LogP contribution in [0.3, 0.4) is 0 Å². The van der Waals surface area contributed by atoms with E-state index in [1.165, 1.54) is 18.2 Å². The van der Waals surface area contributed by atoms with Crippen LogP contribution in [0.4, 0.5) is 5.69 Å². The number of hydrogen-bond acceptors (Lipinski definition) is 3. The molecule has 0 atom stereocenters. The zero-order valence-electron chi connectivity index (χ0n) is 6.93. The topological polar surface area (TPSA) is 63.4 Å². The predicted molar refractivity (Wildman–Crippen MR) is 48.7 cm³/mol. The lowest BCUT2D eigenvalue weighted by Gasteiger charge is -1.99. The van der Waals surface area contributed by atoms with Crippen LogP contribution in [0.2, 0.25) is 0 Å². The van der Waals surface area contributed by atoms with Gasteiger partial charge in [0.2, 0.25) is 0 Å². The zero-order chi connectivity index (χ0) is 9.84. The van der Waals surface area contributed by atoms with Crippen molar-refractivity contribution in [3.63, 3.8) is 0 Å². The maximum Gasteiger partial charge on any atom is 0.273 e. The van der Waals surface area contributed by atoms with Crippen molar-refractivity contribution in [1.29, 1.82) is 0 Å². The predicted octanol–water partition coefficient (Wildman–Crippen LogP) is 2.03. The first kappa shape index (κ1) is 9.25. The Labute approximate surface area is 75.3 Å². The van der Waals surface area contributed by atoms with Crippen LogP contribution < -0.4 is 0 Å². The Balaban J connectivity index is 3.17. The van der Waals surface area contributed by atoms with E-state index in [-0.39, 0.29) is 11.4 Å². The van der Waals surface area contributed by atoms with Crippen LogP contribution >= 0.6 is 0 Å². The number of rotatable bonds is 3. The van der Waals surface area contributed by atoms with Crippen molar-refractivity contribution in [3.8, 4) is 5.75 Å². The summed E-state index contributed by atoms with van der Waals surface area (Å²) in [5.41, 5.74) is 0.484. The third-order valence-corrected chi connectivity index (χ3v) is 1.62. The second kappa shape index (κ2) is 3.71. The molecule has 0 aromatic heterocycles. The number of phenolic OH excluding ortho intramolecular Hbond substituents is 1. The summed E-state index contributed by atoms with van der Waals surface area (Å²) < 4.78 is 0. The lowest BCUT2D eigenvalue weighted by atomic mass is 10.1. The molecule has 0 amide bonds. The van der Waals surface area contributed by atoms with Gasteiger partial charge in [-0.05, 0) is 18.6 Å². The molecule has 0 bridgehead atoms. The first-order valence-corrected chi connectivity index (χ1v) is 3.72. The smallest absolute Gasteiger partial charge is 0.273 e. The van der Waals surface area contributed by atoms with Crippen LogP contribution in [0.5, 0.6) is 5.75 Å². The van der Waals surface area contributed by atoms with Crippen molar-refractivity contribution in [2.75, 3.05) is 0 Å². The van der Waals surface area contributed by atoms with E-state index in [2.05, 4.69) is 6.58 Å². The molecule has 0 aliphatic carbocycles. The second-order valence-electron chi connectivity index (χ2n) is 2.56. The number of hydrogen-bond donors (Lipinski definition) is 1. The minimum atomic E-state index is -0.474. The number of nitro benzene ring substituents is 1. The van der Waals surface area contributed by atoms with Crippen LogP contribution in [-0.4, -0.2) is 10.0 Å². The highest BCUT2D eigenvalue weighted by molar-refractivity contribution is 5.45. The summed E-state index contributed by atoms with van der Waals surface area (Å²) in [6.45, 7) is 3.48. The molecule has 1 aromatic rings. The minimum absolute atomic E-state index is 0.0118. The maximum atomic E-state index is 10.5. The Morgan fingerprint density at radius 1 is 1.62 bits per heavy atom. The van der Waals surface area contributed by atoms with Crippen molar-refractivity contribution in [2.45, 2.75) is 6.42 Å². The van der Waals surface area contributed by atoms with E-state index in [4.69, 9.17) is 5.11 Å². The van der Waals surface area contributed by atoms with Crippen molar-refractivity contribution in [2.24, 2.45) is 0 Å². The van der Waals surface area contributed by atoms with Gasteiger partial charge in [-0.15, -0.1) is 6.58 Å². The zero-order valence-corrected chi connectivity index (χ0v) is 6.93. The van der Waals surface area contributed by atoms with Crippen molar-refractivity contribution in [3.05, 3.63) is 46.5 Å². The summed E-state index contributed by atoms with van der Waals surface area (Å²) in [5.74, 6) is 0.0300. The molecule has 0 saturated carbocycles. The molecular formula is C9H9NO3. The normalized spacial score (nSPS) is 9.54. The van der Waals surface area contributed by atoms with Crippen molar-refractivity contribution >= 4 is 5.69 Å². The van der Waals surface area contributed by atoms with Crippen LogP contribution in [0.1, 0.15) is 5.56 Å². The molecule has 0 saturated heterocycles. The molecule has 0 unspecified atom stereocenters. The van der Waals surface area contributed by atoms with Crippen LogP contribution in [0.25, 0.3) is 0 Å². The van der Waals surface area contributed by atoms with Gasteiger partial charge in [-0.25, -0.2) is 0 Å². The maximum absolute atomic E-state index is 10.5. The number of nitrogens with zero attached hydrogens (tertiary/aromatic N) is 1. The SMILES string of the molecule is C=CCc1cc(O)ccc1[N+](=O)[O-]. The summed E-state index contributed by atoms with van der Waals surface area (Å²) in [6, 6.07) is 3.96. The fourth-order valence-corrected chi connectivity index (χ4v) is 1.07. The number of benzene rings is 1. The number of phenols is 1. The third-order valence-electron chi connectivity index (χ3n) is 1.62. The molecule has 0 aliphatic rings. The molecule has 4 heteroatoms. The van der Waals surface area contributed by atoms with E-state index in [9.17, 15) is 10.1 Å². The number of allylic oxidation sites excluding steroid dienone is 1. The fourth-order valence-electron chi connectivity index (χ4n) is 1.07. The van der Waals surface area contributed by atoms with Gasteiger partial charge in [0, 0.05) is 11.6 Å². The van der Waals surface area contributed by atoms with Gasteiger partial charge >= 0.3 is 0 Å². The van der Waals surface area contributed by atoms with Crippen LogP contribution in [-0.2, 0) is 6.42 Å². The van der Waals surface area contributed by atoms with Gasteiger partial charge in [0.1, 0.15) is 5.75 Å². The Kier molecular flexibility index (Phi) is 2.64. The van der Waals surface area contributed by atoms with E-state index in [0.717, 1.165) is 0 Å². The quantitative estimate of drug-likeness (QED) is 0.438. The largest absolute Gasteiger partial charge is 0.508 e. The summed E-state index contributed by atoms with van der Waals surface area (Å²) >= 11 is 0. The van der Waals surface area contributed by atoms with E-state index in [0.29, 0.717) is 12.0 Å². The first-order valence-electron chi connectivity index (χ1n) is 3.72. The highest BCUT2D eigenvalue weighted by Crippen LogP contribution is 2.23. The average Bonchev–Trinajstić information content (AvgIpc) is 2.04. The van der Waals surface area contributed by atoms with Gasteiger partial charge < -0.3 is 5.11 Å². The molecule has 1 N–H and O–H groups in total. The molecular weight excluding hydrogens is 170 g/mol. The molecule has 1 rings (SSSR count). The lowest BCUT2D eigenvalue weighted by Crippen LogP contribution is -1.93. The summed E-state index contributed by atoms with van der Waals surface area (Å²) in [6.07, 6.45) is 1.94. The number of aromatic hydroxyl groups is 1. The molecule has 4 nitrogen and oxygen atoms in total. The lowest BCUT2D eigenvalue weighted by molar-refractivity contribution is -0.385. The minimum Gasteiger partial charge on any atom is -0.508 e. The highest BCUT2D eigenvalue weighted by atomic mass is 16.6. The van der Waals surface area contributed by atoms with Crippen LogP contribution in [0, 0.1) is 10.1 Å². The Morgan fingerprint density at radius 2 is 2.31 bits per heavy atom. The van der Waals surface area contributed by atoms with Crippen molar-refractivity contribution < 1.29 is 10.0 Å². The molecule has 0 heterocycles. The molecule has 13 heavy (non-hydrogen) atoms. The van der Waals surface area contributed by atoms with E-state index < -0.39 is 4.92 Å². The third kappa shape index (κ3) is 2.05. The van der Waals surface area contributed by atoms with Gasteiger partial charge in [-0.2, -0.15) is 0 Å². The van der Waals surface area contributed by atoms with Crippen LogP contribution in [0.15, 0.2) is 30.9 Å². The van der Waals surface area contributed by atoms with E-state index >= 15 is 0 Å². The van der Waals surface area contributed by atoms with Gasteiger partial charge in [0.15, 0.2) is 0 Å². The van der Waals surface area contributed by atoms with E-state index in [1.54, 1.807) is 6.08 Å². The van der Waals surface area contributed by atoms with E-state index in [1.807, 2.05) is 0 Å². The molecule has 0 fully saturated rings. The van der Waals surface area contributed by atoms with Gasteiger partial charge in [-0.1, -0.05) is 6.08 Å². The average molecular weight is 179 g/mol. The fraction of sp³-hybridized carbons (Fsp3) is 0.111. The van der Waals surface area contributed by atoms with Gasteiger partial charge in [0.25, 0.3) is 5.69 Å². The molecule has 1 aromatic carbocycles. The molecule has 0 radical (unpaired) electrons. The summed E-state index contributed by atoms with van der Waals surface area (Å²) in [7, 11) is 0. The Bertz CT molecular complexity index is 347. The second-order valence-corrected chi connectivity index (χ2v) is 2.56. The molecule has 68 valence electrons. The molecule has 0 spiro atoms. The number of nitro groups is 1. The van der Waals surface area contributed by atoms with Crippen molar-refractivity contribution in [1.82, 2.24) is 0 Å². The highest BCUT2D eigenvalue weighted by Gasteiger charge is 2.12. The molecule has 0 aliphatic heterocycles. The monoisotopic (exact) mass is 179 g/mol. The van der Waals surface area contributed by atoms with Gasteiger partial charge in [-0.3, -0.25) is 10.1 Å².